The van der Waals surface area contributed by atoms with Crippen molar-refractivity contribution in [1.29, 1.82) is 0 Å². The van der Waals surface area contributed by atoms with E-state index in [4.69, 9.17) is 4.74 Å². The first-order chi connectivity index (χ1) is 12.5. The van der Waals surface area contributed by atoms with E-state index in [0.717, 1.165) is 24.1 Å². The van der Waals surface area contributed by atoms with Crippen molar-refractivity contribution in [3.63, 3.8) is 0 Å². The van der Waals surface area contributed by atoms with Crippen molar-refractivity contribution >= 4 is 12.4 Å². The molecule has 1 aliphatic carbocycles. The molecule has 4 rings (SSSR count). The lowest BCUT2D eigenvalue weighted by molar-refractivity contribution is -0.143. The van der Waals surface area contributed by atoms with Gasteiger partial charge in [-0.25, -0.2) is 9.67 Å². The van der Waals surface area contributed by atoms with Crippen LogP contribution < -0.4 is 5.32 Å². The molecule has 10 heteroatoms. The maximum atomic E-state index is 13.0. The Morgan fingerprint density at radius 2 is 2.11 bits per heavy atom. The Balaban J connectivity index is 0.00000210. The smallest absolute Gasteiger partial charge is 0.375 e. The summed E-state index contributed by atoms with van der Waals surface area (Å²) in [6.07, 6.45) is -0.403. The maximum Gasteiger partial charge on any atom is 0.408 e. The zero-order chi connectivity index (χ0) is 18.1. The molecule has 2 aliphatic rings. The van der Waals surface area contributed by atoms with Gasteiger partial charge in [0.15, 0.2) is 5.82 Å². The summed E-state index contributed by atoms with van der Waals surface area (Å²) in [4.78, 5) is 8.61. The predicted molar refractivity (Wildman–Crippen MR) is 94.7 cm³/mol. The molecule has 1 N–H and O–H groups in total. The van der Waals surface area contributed by atoms with Crippen LogP contribution in [0.3, 0.4) is 0 Å². The first kappa shape index (κ1) is 20.0. The highest BCUT2D eigenvalue weighted by atomic mass is 35.5. The average molecular weight is 404 g/mol. The minimum atomic E-state index is -4.35. The zero-order valence-electron chi connectivity index (χ0n) is 14.5. The van der Waals surface area contributed by atoms with Crippen molar-refractivity contribution in [1.82, 2.24) is 25.1 Å². The Labute approximate surface area is 160 Å². The first-order valence-electron chi connectivity index (χ1n) is 8.77. The van der Waals surface area contributed by atoms with Gasteiger partial charge in [0.25, 0.3) is 0 Å². The maximum absolute atomic E-state index is 13.0. The van der Waals surface area contributed by atoms with Crippen LogP contribution >= 0.6 is 12.4 Å². The molecule has 3 atom stereocenters. The van der Waals surface area contributed by atoms with Crippen molar-refractivity contribution in [2.45, 2.75) is 50.0 Å². The number of hydrogen-bond acceptors (Lipinski definition) is 5. The van der Waals surface area contributed by atoms with Crippen LogP contribution in [0.25, 0.3) is 11.5 Å². The molecule has 3 heterocycles. The third-order valence-corrected chi connectivity index (χ3v) is 4.92. The van der Waals surface area contributed by atoms with E-state index >= 15 is 0 Å². The fraction of sp³-hybridized carbons (Fsp3) is 0.588. The second-order valence-electron chi connectivity index (χ2n) is 6.76. The molecule has 2 aromatic heterocycles. The number of morpholine rings is 1. The summed E-state index contributed by atoms with van der Waals surface area (Å²) in [6.45, 7) is 0.304. The second kappa shape index (κ2) is 8.12. The topological polar surface area (TPSA) is 64.9 Å². The molecule has 2 fully saturated rings. The van der Waals surface area contributed by atoms with Crippen molar-refractivity contribution < 1.29 is 17.9 Å². The van der Waals surface area contributed by atoms with Crippen molar-refractivity contribution in [2.24, 2.45) is 0 Å². The highest BCUT2D eigenvalue weighted by Crippen LogP contribution is 2.35. The molecule has 0 amide bonds. The van der Waals surface area contributed by atoms with Crippen molar-refractivity contribution in [2.75, 3.05) is 13.2 Å². The van der Waals surface area contributed by atoms with Gasteiger partial charge in [-0.15, -0.1) is 17.5 Å². The predicted octanol–water partition coefficient (Wildman–Crippen LogP) is 2.95. The van der Waals surface area contributed by atoms with Crippen molar-refractivity contribution in [3.8, 4) is 11.5 Å². The summed E-state index contributed by atoms with van der Waals surface area (Å²) >= 11 is 0. The van der Waals surface area contributed by atoms with E-state index < -0.39 is 12.7 Å². The van der Waals surface area contributed by atoms with Crippen LogP contribution in [0.5, 0.6) is 0 Å². The summed E-state index contributed by atoms with van der Waals surface area (Å²) in [5.41, 5.74) is 0.475. The lowest BCUT2D eigenvalue weighted by atomic mass is 9.82. The molecule has 2 aromatic rings. The number of pyridine rings is 1. The molecule has 1 saturated carbocycles. The fourth-order valence-electron chi connectivity index (χ4n) is 3.79. The normalized spacial score (nSPS) is 25.5. The average Bonchev–Trinajstić information content (AvgIpc) is 3.04. The molecular formula is C17H21ClF3N5O. The molecule has 6 nitrogen and oxygen atoms in total. The molecule has 1 saturated heterocycles. The SMILES string of the molecule is Cl.FC(F)(F)Cn1nc(-c2ccccn2)nc1[C@H]1CC[C@H]2OCCN[C@@H]2C1. The number of halogens is 4. The largest absolute Gasteiger partial charge is 0.408 e. The number of fused-ring (bicyclic) bond motifs is 1. The Morgan fingerprint density at radius 3 is 2.85 bits per heavy atom. The Morgan fingerprint density at radius 1 is 1.26 bits per heavy atom. The Hall–Kier alpha value is -1.71. The van der Waals surface area contributed by atoms with Crippen LogP contribution in [0.1, 0.15) is 31.0 Å². The Kier molecular flexibility index (Phi) is 6.02. The molecule has 27 heavy (non-hydrogen) atoms. The summed E-state index contributed by atoms with van der Waals surface area (Å²) in [5, 5.41) is 7.53. The van der Waals surface area contributed by atoms with Gasteiger partial charge in [-0.05, 0) is 31.4 Å². The molecular weight excluding hydrogens is 383 g/mol. The van der Waals surface area contributed by atoms with E-state index in [0.29, 0.717) is 24.5 Å². The van der Waals surface area contributed by atoms with Gasteiger partial charge in [-0.2, -0.15) is 13.2 Å². The van der Waals surface area contributed by atoms with E-state index in [2.05, 4.69) is 20.4 Å². The van der Waals surface area contributed by atoms with E-state index in [9.17, 15) is 13.2 Å². The summed E-state index contributed by atoms with van der Waals surface area (Å²) in [6, 6.07) is 5.36. The molecule has 0 aromatic carbocycles. The number of alkyl halides is 3. The van der Waals surface area contributed by atoms with Gasteiger partial charge in [-0.1, -0.05) is 6.07 Å². The number of nitrogens with zero attached hydrogens (tertiary/aromatic N) is 4. The highest BCUT2D eigenvalue weighted by Gasteiger charge is 2.38. The molecule has 0 bridgehead atoms. The molecule has 148 valence electrons. The third-order valence-electron chi connectivity index (χ3n) is 4.92. The van der Waals surface area contributed by atoms with Crippen LogP contribution in [-0.4, -0.2) is 51.2 Å². The minimum Gasteiger partial charge on any atom is -0.375 e. The number of hydrogen-bond donors (Lipinski definition) is 1. The summed E-state index contributed by atoms with van der Waals surface area (Å²) in [7, 11) is 0. The third kappa shape index (κ3) is 4.59. The van der Waals surface area contributed by atoms with Gasteiger partial charge in [0.2, 0.25) is 0 Å². The van der Waals surface area contributed by atoms with Crippen LogP contribution in [0.4, 0.5) is 13.2 Å². The molecule has 1 aliphatic heterocycles. The molecule has 0 radical (unpaired) electrons. The van der Waals surface area contributed by atoms with Gasteiger partial charge in [0.05, 0.1) is 12.7 Å². The van der Waals surface area contributed by atoms with Gasteiger partial charge in [0.1, 0.15) is 18.1 Å². The quantitative estimate of drug-likeness (QED) is 0.853. The fourth-order valence-corrected chi connectivity index (χ4v) is 3.79. The van der Waals surface area contributed by atoms with Gasteiger partial charge in [0, 0.05) is 24.7 Å². The van der Waals surface area contributed by atoms with E-state index in [1.807, 2.05) is 0 Å². The highest BCUT2D eigenvalue weighted by molar-refractivity contribution is 5.85. The van der Waals surface area contributed by atoms with E-state index in [1.165, 1.54) is 0 Å². The second-order valence-corrected chi connectivity index (χ2v) is 6.76. The van der Waals surface area contributed by atoms with Crippen LogP contribution in [0, 0.1) is 0 Å². The standard InChI is InChI=1S/C17H20F3N5O.ClH/c18-17(19,20)10-25-16(23-15(24-25)12-3-1-2-6-21-12)11-4-5-14-13(9-11)22-7-8-26-14;/h1-3,6,11,13-14,22H,4-5,7-10H2;1H/t11-,13+,14+;/m0./s1. The number of aromatic nitrogens is 4. The Bertz CT molecular complexity index is 755. The zero-order valence-corrected chi connectivity index (χ0v) is 15.3. The van der Waals surface area contributed by atoms with Gasteiger partial charge < -0.3 is 10.1 Å². The van der Waals surface area contributed by atoms with Crippen molar-refractivity contribution in [3.05, 3.63) is 30.2 Å². The van der Waals surface area contributed by atoms with Gasteiger partial charge in [-0.3, -0.25) is 4.98 Å². The summed E-state index contributed by atoms with van der Waals surface area (Å²) in [5.74, 6) is 0.534. The van der Waals surface area contributed by atoms with Crippen LogP contribution in [0.2, 0.25) is 0 Å². The monoisotopic (exact) mass is 403 g/mol. The number of ether oxygens (including phenoxy) is 1. The molecule has 0 spiro atoms. The minimum absolute atomic E-state index is 0. The van der Waals surface area contributed by atoms with Crippen LogP contribution in [0.15, 0.2) is 24.4 Å². The lowest BCUT2D eigenvalue weighted by Gasteiger charge is -2.39. The lowest BCUT2D eigenvalue weighted by Crippen LogP contribution is -2.51. The van der Waals surface area contributed by atoms with Gasteiger partial charge >= 0.3 is 6.18 Å². The summed E-state index contributed by atoms with van der Waals surface area (Å²) < 4.78 is 45.9. The number of rotatable bonds is 3. The number of nitrogens with one attached hydrogen (secondary N) is 1. The first-order valence-corrected chi connectivity index (χ1v) is 8.77. The molecule has 0 unspecified atom stereocenters. The van der Waals surface area contributed by atoms with Crippen LogP contribution in [-0.2, 0) is 11.3 Å². The van der Waals surface area contributed by atoms with E-state index in [-0.39, 0.29) is 36.3 Å². The van der Waals surface area contributed by atoms with E-state index in [1.54, 1.807) is 24.4 Å².